The molecule has 1 amide bonds. The van der Waals surface area contributed by atoms with E-state index >= 15 is 0 Å². The maximum absolute atomic E-state index is 12.5. The summed E-state index contributed by atoms with van der Waals surface area (Å²) in [7, 11) is 1.96. The van der Waals surface area contributed by atoms with Crippen LogP contribution in [0.5, 0.6) is 0 Å². The number of hydrogen-bond acceptors (Lipinski definition) is 4. The Morgan fingerprint density at radius 1 is 1.14 bits per heavy atom. The fraction of sp³-hybridized carbons (Fsp3) is 0.174. The van der Waals surface area contributed by atoms with Gasteiger partial charge in [-0.05, 0) is 48.0 Å². The Bertz CT molecular complexity index is 1070. The lowest BCUT2D eigenvalue weighted by Gasteiger charge is -2.23. The fourth-order valence-corrected chi connectivity index (χ4v) is 3.52. The highest BCUT2D eigenvalue weighted by Gasteiger charge is 2.37. The predicted molar refractivity (Wildman–Crippen MR) is 112 cm³/mol. The molecule has 0 aromatic heterocycles. The molecule has 0 unspecified atom stereocenters. The summed E-state index contributed by atoms with van der Waals surface area (Å²) in [6, 6.07) is 15.8. The Balaban J connectivity index is 1.84. The monoisotopic (exact) mass is 387 g/mol. The standard InChI is InChI=1S/C23H21N3O3/c1-23(2)18-6-4-5-7-19(18)26(3)20(23)13-10-16(14-24)21(27)25-17-11-8-15(9-12-17)22(28)29/h4-13H,1-3H3,(H,25,27)(H,28,29)/b16-10+,20-13-. The third-order valence-electron chi connectivity index (χ3n) is 5.10. The molecule has 1 heterocycles. The zero-order valence-electron chi connectivity index (χ0n) is 16.4. The van der Waals surface area contributed by atoms with Gasteiger partial charge in [0.1, 0.15) is 11.6 Å². The highest BCUT2D eigenvalue weighted by atomic mass is 16.4. The number of nitriles is 1. The minimum Gasteiger partial charge on any atom is -0.478 e. The SMILES string of the molecule is CN1/C(=C\C=C(/C#N)C(=O)Nc2ccc(C(=O)O)cc2)C(C)(C)c2ccccc21. The van der Waals surface area contributed by atoms with Crippen molar-refractivity contribution in [1.29, 1.82) is 5.26 Å². The summed E-state index contributed by atoms with van der Waals surface area (Å²) in [5.41, 5.74) is 3.49. The summed E-state index contributed by atoms with van der Waals surface area (Å²) in [5.74, 6) is -1.60. The van der Waals surface area contributed by atoms with Crippen LogP contribution in [0, 0.1) is 11.3 Å². The van der Waals surface area contributed by atoms with Crippen LogP contribution in [-0.4, -0.2) is 24.0 Å². The third kappa shape index (κ3) is 3.76. The summed E-state index contributed by atoms with van der Waals surface area (Å²) in [5, 5.41) is 21.0. The van der Waals surface area contributed by atoms with E-state index in [-0.39, 0.29) is 16.6 Å². The van der Waals surface area contributed by atoms with Crippen molar-refractivity contribution in [2.45, 2.75) is 19.3 Å². The number of aromatic carboxylic acids is 1. The first kappa shape index (κ1) is 19.9. The summed E-state index contributed by atoms with van der Waals surface area (Å²) in [6.07, 6.45) is 3.31. The number of allylic oxidation sites excluding steroid dienone is 3. The molecule has 0 aliphatic carbocycles. The average molecular weight is 387 g/mol. The molecule has 6 nitrogen and oxygen atoms in total. The summed E-state index contributed by atoms with van der Waals surface area (Å²) in [4.78, 5) is 25.4. The van der Waals surface area contributed by atoms with E-state index < -0.39 is 11.9 Å². The number of likely N-dealkylation sites (N-methyl/N-ethyl adjacent to an activating group) is 1. The number of fused-ring (bicyclic) bond motifs is 1. The fourth-order valence-electron chi connectivity index (χ4n) is 3.52. The number of carboxylic acid groups (broad SMARTS) is 1. The smallest absolute Gasteiger partial charge is 0.335 e. The topological polar surface area (TPSA) is 93.4 Å². The molecule has 0 radical (unpaired) electrons. The minimum atomic E-state index is -1.04. The molecule has 2 aromatic carbocycles. The molecule has 2 N–H and O–H groups in total. The first-order valence-electron chi connectivity index (χ1n) is 9.06. The van der Waals surface area contributed by atoms with Crippen LogP contribution in [0.25, 0.3) is 0 Å². The molecule has 3 rings (SSSR count). The van der Waals surface area contributed by atoms with Gasteiger partial charge in [0.25, 0.3) is 5.91 Å². The molecule has 0 bridgehead atoms. The van der Waals surface area contributed by atoms with Crippen molar-refractivity contribution in [2.75, 3.05) is 17.3 Å². The largest absolute Gasteiger partial charge is 0.478 e. The van der Waals surface area contributed by atoms with Crippen molar-refractivity contribution in [3.63, 3.8) is 0 Å². The van der Waals surface area contributed by atoms with Gasteiger partial charge in [-0.2, -0.15) is 5.26 Å². The van der Waals surface area contributed by atoms with E-state index in [1.165, 1.54) is 35.9 Å². The number of anilines is 2. The first-order chi connectivity index (χ1) is 13.8. The molecule has 0 atom stereocenters. The maximum atomic E-state index is 12.5. The third-order valence-corrected chi connectivity index (χ3v) is 5.10. The lowest BCUT2D eigenvalue weighted by Crippen LogP contribution is -2.22. The molecule has 6 heteroatoms. The van der Waals surface area contributed by atoms with E-state index in [4.69, 9.17) is 5.11 Å². The van der Waals surface area contributed by atoms with Gasteiger partial charge in [-0.1, -0.05) is 32.0 Å². The lowest BCUT2D eigenvalue weighted by atomic mass is 9.83. The normalized spacial score (nSPS) is 16.3. The second-order valence-electron chi connectivity index (χ2n) is 7.28. The number of rotatable bonds is 4. The molecule has 1 aliphatic heterocycles. The Morgan fingerprint density at radius 2 is 1.79 bits per heavy atom. The second-order valence-corrected chi connectivity index (χ2v) is 7.28. The quantitative estimate of drug-likeness (QED) is 0.609. The molecule has 1 aliphatic rings. The van der Waals surface area contributed by atoms with Crippen LogP contribution in [-0.2, 0) is 10.2 Å². The zero-order valence-corrected chi connectivity index (χ0v) is 16.4. The molecule has 0 saturated carbocycles. The number of nitrogens with zero attached hydrogens (tertiary/aromatic N) is 2. The van der Waals surface area contributed by atoms with Gasteiger partial charge in [0.15, 0.2) is 0 Å². The van der Waals surface area contributed by atoms with Gasteiger partial charge >= 0.3 is 5.97 Å². The van der Waals surface area contributed by atoms with Gasteiger partial charge in [0, 0.05) is 29.5 Å². The number of carbonyl (C=O) groups is 2. The van der Waals surface area contributed by atoms with Crippen LogP contribution < -0.4 is 10.2 Å². The van der Waals surface area contributed by atoms with E-state index in [1.807, 2.05) is 31.3 Å². The number of carboxylic acids is 1. The number of hydrogen-bond donors (Lipinski definition) is 2. The Kier molecular flexibility index (Phi) is 5.24. The van der Waals surface area contributed by atoms with Crippen molar-refractivity contribution in [2.24, 2.45) is 0 Å². The van der Waals surface area contributed by atoms with Crippen LogP contribution in [0.3, 0.4) is 0 Å². The van der Waals surface area contributed by atoms with Crippen LogP contribution in [0.2, 0.25) is 0 Å². The number of benzene rings is 2. The molecule has 0 spiro atoms. The minimum absolute atomic E-state index is 0.0417. The van der Waals surface area contributed by atoms with Gasteiger partial charge in [0.05, 0.1) is 5.56 Å². The van der Waals surface area contributed by atoms with Crippen molar-refractivity contribution in [3.05, 3.63) is 83.1 Å². The number of para-hydroxylation sites is 1. The molecule has 0 fully saturated rings. The second kappa shape index (κ2) is 7.64. The van der Waals surface area contributed by atoms with Crippen molar-refractivity contribution < 1.29 is 14.7 Å². The van der Waals surface area contributed by atoms with Crippen molar-refractivity contribution >= 4 is 23.3 Å². The Morgan fingerprint density at radius 3 is 2.38 bits per heavy atom. The number of carbonyl (C=O) groups excluding carboxylic acids is 1. The molecular weight excluding hydrogens is 366 g/mol. The first-order valence-corrected chi connectivity index (χ1v) is 9.06. The van der Waals surface area contributed by atoms with E-state index in [9.17, 15) is 14.9 Å². The van der Waals surface area contributed by atoms with Crippen molar-refractivity contribution in [3.8, 4) is 6.07 Å². The van der Waals surface area contributed by atoms with Gasteiger partial charge in [-0.25, -0.2) is 4.79 Å². The number of nitrogens with one attached hydrogen (secondary N) is 1. The van der Waals surface area contributed by atoms with Crippen LogP contribution in [0.1, 0.15) is 29.8 Å². The summed E-state index contributed by atoms with van der Waals surface area (Å²) in [6.45, 7) is 4.20. The van der Waals surface area contributed by atoms with E-state index in [0.717, 1.165) is 11.4 Å². The highest BCUT2D eigenvalue weighted by Crippen LogP contribution is 2.46. The number of amides is 1. The summed E-state index contributed by atoms with van der Waals surface area (Å²) < 4.78 is 0. The van der Waals surface area contributed by atoms with E-state index in [1.54, 1.807) is 6.08 Å². The highest BCUT2D eigenvalue weighted by molar-refractivity contribution is 6.07. The van der Waals surface area contributed by atoms with Crippen LogP contribution in [0.4, 0.5) is 11.4 Å². The van der Waals surface area contributed by atoms with Gasteiger partial charge < -0.3 is 15.3 Å². The predicted octanol–water partition coefficient (Wildman–Crippen LogP) is 4.08. The van der Waals surface area contributed by atoms with Gasteiger partial charge in [-0.15, -0.1) is 0 Å². The summed E-state index contributed by atoms with van der Waals surface area (Å²) >= 11 is 0. The van der Waals surface area contributed by atoms with Crippen LogP contribution >= 0.6 is 0 Å². The molecule has 0 saturated heterocycles. The Labute approximate surface area is 169 Å². The van der Waals surface area contributed by atoms with Gasteiger partial charge in [-0.3, -0.25) is 4.79 Å². The average Bonchev–Trinajstić information content (AvgIpc) is 2.89. The van der Waals surface area contributed by atoms with E-state index in [0.29, 0.717) is 5.69 Å². The molecule has 29 heavy (non-hydrogen) atoms. The molecule has 146 valence electrons. The zero-order chi connectivity index (χ0) is 21.2. The van der Waals surface area contributed by atoms with Gasteiger partial charge in [0.2, 0.25) is 0 Å². The van der Waals surface area contributed by atoms with Crippen molar-refractivity contribution in [1.82, 2.24) is 0 Å². The molecule has 2 aromatic rings. The van der Waals surface area contributed by atoms with Crippen LogP contribution in [0.15, 0.2) is 72.0 Å². The van der Waals surface area contributed by atoms with E-state index in [2.05, 4.69) is 30.1 Å². The molecular formula is C23H21N3O3. The lowest BCUT2D eigenvalue weighted by molar-refractivity contribution is -0.112. The maximum Gasteiger partial charge on any atom is 0.335 e. The Hall–Kier alpha value is -3.85.